The minimum Gasteiger partial charge on any atom is -0.496 e. The molecule has 1 rings (SSSR count). The van der Waals surface area contributed by atoms with Gasteiger partial charge in [-0.1, -0.05) is 6.07 Å². The van der Waals surface area contributed by atoms with Crippen LogP contribution in [0.25, 0.3) is 0 Å². The fraction of sp³-hybridized carbons (Fsp3) is 0.462. The number of carbonyl (C=O) groups is 1. The van der Waals surface area contributed by atoms with Crippen LogP contribution in [-0.2, 0) is 9.47 Å². The fourth-order valence-corrected chi connectivity index (χ4v) is 1.43. The van der Waals surface area contributed by atoms with Crippen LogP contribution >= 0.6 is 0 Å². The van der Waals surface area contributed by atoms with E-state index < -0.39 is 5.97 Å². The molecule has 0 heterocycles. The monoisotopic (exact) mass is 253 g/mol. The van der Waals surface area contributed by atoms with E-state index in [0.717, 1.165) is 0 Å². The smallest absolute Gasteiger partial charge is 0.344 e. The molecule has 5 nitrogen and oxygen atoms in total. The van der Waals surface area contributed by atoms with Gasteiger partial charge in [-0.2, -0.15) is 0 Å². The number of carbonyl (C=O) groups excluding carboxylic acids is 1. The van der Waals surface area contributed by atoms with Crippen molar-refractivity contribution < 1.29 is 19.0 Å². The zero-order chi connectivity index (χ0) is 13.5. The lowest BCUT2D eigenvalue weighted by Gasteiger charge is -2.11. The van der Waals surface area contributed by atoms with Crippen LogP contribution in [0.4, 0.5) is 5.69 Å². The van der Waals surface area contributed by atoms with Crippen molar-refractivity contribution in [1.29, 1.82) is 0 Å². The Hall–Kier alpha value is -1.75. The maximum atomic E-state index is 11.9. The predicted octanol–water partition coefficient (Wildman–Crippen LogP) is 1.86. The molecule has 0 bridgehead atoms. The highest BCUT2D eigenvalue weighted by Crippen LogP contribution is 2.24. The summed E-state index contributed by atoms with van der Waals surface area (Å²) in [5, 5.41) is 0. The topological polar surface area (TPSA) is 70.8 Å². The van der Waals surface area contributed by atoms with Gasteiger partial charge in [-0.15, -0.1) is 0 Å². The lowest BCUT2D eigenvalue weighted by Crippen LogP contribution is -2.15. The molecule has 100 valence electrons. The minimum absolute atomic E-state index is 0.111. The summed E-state index contributed by atoms with van der Waals surface area (Å²) in [6.45, 7) is 4.38. The van der Waals surface area contributed by atoms with E-state index in [-0.39, 0.29) is 18.3 Å². The van der Waals surface area contributed by atoms with Gasteiger partial charge in [0.05, 0.1) is 19.8 Å². The number of anilines is 1. The van der Waals surface area contributed by atoms with Gasteiger partial charge in [0.1, 0.15) is 17.9 Å². The molecule has 0 unspecified atom stereocenters. The summed E-state index contributed by atoms with van der Waals surface area (Å²) in [5.41, 5.74) is 6.33. The van der Waals surface area contributed by atoms with Crippen LogP contribution in [0.5, 0.6) is 5.75 Å². The maximum absolute atomic E-state index is 11.9. The first kappa shape index (κ1) is 14.3. The second-order valence-corrected chi connectivity index (χ2v) is 3.98. The Morgan fingerprint density at radius 1 is 1.33 bits per heavy atom. The van der Waals surface area contributed by atoms with Crippen LogP contribution < -0.4 is 10.5 Å². The molecule has 0 spiro atoms. The number of rotatable bonds is 6. The van der Waals surface area contributed by atoms with E-state index in [1.165, 1.54) is 7.11 Å². The van der Waals surface area contributed by atoms with Gasteiger partial charge in [-0.25, -0.2) is 4.79 Å². The predicted molar refractivity (Wildman–Crippen MR) is 68.8 cm³/mol. The highest BCUT2D eigenvalue weighted by Gasteiger charge is 2.16. The number of methoxy groups -OCH3 is 1. The number of esters is 1. The van der Waals surface area contributed by atoms with E-state index in [1.54, 1.807) is 18.2 Å². The Bertz CT molecular complexity index is 404. The Labute approximate surface area is 107 Å². The molecule has 0 aliphatic heterocycles. The van der Waals surface area contributed by atoms with Crippen LogP contribution in [0.15, 0.2) is 18.2 Å². The number of nitrogens with two attached hydrogens (primary N) is 1. The van der Waals surface area contributed by atoms with Gasteiger partial charge in [0, 0.05) is 5.69 Å². The summed E-state index contributed by atoms with van der Waals surface area (Å²) >= 11 is 0. The normalized spacial score (nSPS) is 10.4. The van der Waals surface area contributed by atoms with Crippen molar-refractivity contribution in [3.63, 3.8) is 0 Å². The van der Waals surface area contributed by atoms with E-state index in [9.17, 15) is 4.79 Å². The van der Waals surface area contributed by atoms with Gasteiger partial charge >= 0.3 is 5.97 Å². The summed E-state index contributed by atoms with van der Waals surface area (Å²) in [4.78, 5) is 11.9. The van der Waals surface area contributed by atoms with E-state index in [4.69, 9.17) is 19.9 Å². The molecule has 5 heteroatoms. The standard InChI is InChI=1S/C13H19NO4/c1-9(2)17-7-8-18-13(15)12-10(14)5-4-6-11(12)16-3/h4-6,9H,7-8,14H2,1-3H3. The fourth-order valence-electron chi connectivity index (χ4n) is 1.43. The van der Waals surface area contributed by atoms with Gasteiger partial charge < -0.3 is 19.9 Å². The molecule has 0 aliphatic rings. The Morgan fingerprint density at radius 3 is 2.67 bits per heavy atom. The second kappa shape index (κ2) is 6.86. The van der Waals surface area contributed by atoms with Crippen LogP contribution in [0, 0.1) is 0 Å². The first-order valence-electron chi connectivity index (χ1n) is 5.77. The molecule has 0 saturated heterocycles. The quantitative estimate of drug-likeness (QED) is 0.476. The van der Waals surface area contributed by atoms with Gasteiger partial charge in [0.2, 0.25) is 0 Å². The summed E-state index contributed by atoms with van der Waals surface area (Å²) in [6, 6.07) is 5.01. The second-order valence-electron chi connectivity index (χ2n) is 3.98. The lowest BCUT2D eigenvalue weighted by atomic mass is 10.1. The summed E-state index contributed by atoms with van der Waals surface area (Å²) < 4.78 is 15.4. The van der Waals surface area contributed by atoms with Gasteiger partial charge in [-0.3, -0.25) is 0 Å². The highest BCUT2D eigenvalue weighted by atomic mass is 16.6. The SMILES string of the molecule is COc1cccc(N)c1C(=O)OCCOC(C)C. The van der Waals surface area contributed by atoms with Crippen LogP contribution in [-0.4, -0.2) is 32.4 Å². The van der Waals surface area contributed by atoms with Crippen molar-refractivity contribution in [3.8, 4) is 5.75 Å². The molecule has 0 radical (unpaired) electrons. The molecule has 2 N–H and O–H groups in total. The van der Waals surface area contributed by atoms with Crippen LogP contribution in [0.1, 0.15) is 24.2 Å². The van der Waals surface area contributed by atoms with Gasteiger partial charge in [0.25, 0.3) is 0 Å². The Balaban J connectivity index is 2.61. The van der Waals surface area contributed by atoms with E-state index in [2.05, 4.69) is 0 Å². The van der Waals surface area contributed by atoms with Crippen molar-refractivity contribution in [3.05, 3.63) is 23.8 Å². The molecule has 1 aromatic rings. The number of nitrogen functional groups attached to an aromatic ring is 1. The highest BCUT2D eigenvalue weighted by molar-refractivity contribution is 5.98. The average Bonchev–Trinajstić information content (AvgIpc) is 2.33. The summed E-state index contributed by atoms with van der Waals surface area (Å²) in [6.07, 6.45) is 0.111. The number of hydrogen-bond donors (Lipinski definition) is 1. The van der Waals surface area contributed by atoms with Gasteiger partial charge in [-0.05, 0) is 26.0 Å². The Kier molecular flexibility index (Phi) is 5.45. The molecule has 0 amide bonds. The molecular formula is C13H19NO4. The third kappa shape index (κ3) is 3.92. The molecule has 0 saturated carbocycles. The first-order valence-corrected chi connectivity index (χ1v) is 5.77. The van der Waals surface area contributed by atoms with Crippen LogP contribution in [0.2, 0.25) is 0 Å². The van der Waals surface area contributed by atoms with E-state index in [1.807, 2.05) is 13.8 Å². The Morgan fingerprint density at radius 2 is 2.06 bits per heavy atom. The van der Waals surface area contributed by atoms with E-state index >= 15 is 0 Å². The van der Waals surface area contributed by atoms with Crippen LogP contribution in [0.3, 0.4) is 0 Å². The molecule has 1 aromatic carbocycles. The number of ether oxygens (including phenoxy) is 3. The average molecular weight is 253 g/mol. The van der Waals surface area contributed by atoms with E-state index in [0.29, 0.717) is 18.0 Å². The molecule has 0 aliphatic carbocycles. The van der Waals surface area contributed by atoms with Crippen molar-refractivity contribution in [1.82, 2.24) is 0 Å². The minimum atomic E-state index is -0.502. The number of hydrogen-bond acceptors (Lipinski definition) is 5. The van der Waals surface area contributed by atoms with Gasteiger partial charge in [0.15, 0.2) is 0 Å². The molecular weight excluding hydrogens is 234 g/mol. The largest absolute Gasteiger partial charge is 0.496 e. The molecule has 0 aromatic heterocycles. The zero-order valence-electron chi connectivity index (χ0n) is 10.9. The summed E-state index contributed by atoms with van der Waals surface area (Å²) in [7, 11) is 1.48. The molecule has 0 fully saturated rings. The van der Waals surface area contributed by atoms with Crippen molar-refractivity contribution in [2.45, 2.75) is 20.0 Å². The third-order valence-corrected chi connectivity index (χ3v) is 2.25. The summed E-state index contributed by atoms with van der Waals surface area (Å²) in [5.74, 6) is -0.0953. The maximum Gasteiger partial charge on any atom is 0.344 e. The zero-order valence-corrected chi connectivity index (χ0v) is 10.9. The van der Waals surface area contributed by atoms with Crippen molar-refractivity contribution in [2.75, 3.05) is 26.1 Å². The number of benzene rings is 1. The lowest BCUT2D eigenvalue weighted by molar-refractivity contribution is 0.0175. The first-order chi connectivity index (χ1) is 8.56. The van der Waals surface area contributed by atoms with Crippen molar-refractivity contribution >= 4 is 11.7 Å². The van der Waals surface area contributed by atoms with Crippen molar-refractivity contribution in [2.24, 2.45) is 0 Å². The third-order valence-electron chi connectivity index (χ3n) is 2.25. The molecule has 18 heavy (non-hydrogen) atoms. The molecule has 0 atom stereocenters.